The summed E-state index contributed by atoms with van der Waals surface area (Å²) < 4.78 is 11.3. The lowest BCUT2D eigenvalue weighted by Gasteiger charge is -2.47. The van der Waals surface area contributed by atoms with Crippen molar-refractivity contribution < 1.29 is 9.47 Å². The highest BCUT2D eigenvalue weighted by molar-refractivity contribution is 5.28. The van der Waals surface area contributed by atoms with Crippen molar-refractivity contribution >= 4 is 0 Å². The van der Waals surface area contributed by atoms with Gasteiger partial charge in [-0.05, 0) is 12.3 Å². The third kappa shape index (κ3) is 3.59. The minimum absolute atomic E-state index is 0.00417. The molecule has 5 heteroatoms. The van der Waals surface area contributed by atoms with Crippen molar-refractivity contribution in [3.05, 3.63) is 23.6 Å². The fraction of sp³-hybridized carbons (Fsp3) is 0.750. The lowest BCUT2D eigenvalue weighted by Crippen LogP contribution is -2.62. The summed E-state index contributed by atoms with van der Waals surface area (Å²) in [6.45, 7) is 12.0. The van der Waals surface area contributed by atoms with Gasteiger partial charge in [0.05, 0.1) is 18.7 Å². The normalized spacial score (nSPS) is 27.7. The van der Waals surface area contributed by atoms with E-state index in [9.17, 15) is 0 Å². The minimum atomic E-state index is 0.00417. The van der Waals surface area contributed by atoms with Crippen LogP contribution >= 0.6 is 0 Å². The topological polar surface area (TPSA) is 51.0 Å². The molecule has 21 heavy (non-hydrogen) atoms. The van der Waals surface area contributed by atoms with Gasteiger partial charge in [0.2, 0.25) is 5.88 Å². The summed E-state index contributed by atoms with van der Waals surface area (Å²) in [7, 11) is 1.77. The number of hydrogen-bond acceptors (Lipinski definition) is 5. The lowest BCUT2D eigenvalue weighted by molar-refractivity contribution is -0.0906. The Labute approximate surface area is 128 Å². The van der Waals surface area contributed by atoms with Gasteiger partial charge in [0.1, 0.15) is 6.61 Å². The van der Waals surface area contributed by atoms with Gasteiger partial charge in [0.25, 0.3) is 0 Å². The van der Waals surface area contributed by atoms with Crippen LogP contribution in [-0.2, 0) is 9.47 Å². The molecule has 0 spiro atoms. The largest absolute Gasteiger partial charge is 0.476 e. The molecule has 2 aliphatic heterocycles. The Morgan fingerprint density at radius 2 is 2.00 bits per heavy atom. The zero-order valence-corrected chi connectivity index (χ0v) is 13.9. The van der Waals surface area contributed by atoms with Crippen molar-refractivity contribution in [2.45, 2.75) is 39.8 Å². The van der Waals surface area contributed by atoms with Gasteiger partial charge in [0.15, 0.2) is 0 Å². The summed E-state index contributed by atoms with van der Waals surface area (Å²) in [4.78, 5) is 2.37. The van der Waals surface area contributed by atoms with Crippen LogP contribution in [0.1, 0.15) is 27.7 Å². The first-order chi connectivity index (χ1) is 9.86. The Morgan fingerprint density at radius 1 is 1.33 bits per heavy atom. The summed E-state index contributed by atoms with van der Waals surface area (Å²) >= 11 is 0. The number of likely N-dealkylation sites (tertiary alicyclic amines) is 1. The van der Waals surface area contributed by atoms with E-state index < -0.39 is 0 Å². The molecule has 2 aliphatic rings. The molecule has 0 aromatic rings. The van der Waals surface area contributed by atoms with E-state index in [0.717, 1.165) is 31.1 Å². The Kier molecular flexibility index (Phi) is 4.96. The first-order valence-electron chi connectivity index (χ1n) is 7.66. The fourth-order valence-corrected chi connectivity index (χ4v) is 2.80. The predicted octanol–water partition coefficient (Wildman–Crippen LogP) is 1.73. The van der Waals surface area contributed by atoms with E-state index in [0.29, 0.717) is 18.8 Å². The van der Waals surface area contributed by atoms with Crippen molar-refractivity contribution in [3.8, 4) is 0 Å². The number of hydrogen-bond donors (Lipinski definition) is 1. The van der Waals surface area contributed by atoms with Crippen molar-refractivity contribution in [1.29, 1.82) is 0 Å². The Hall–Kier alpha value is -1.04. The second-order valence-corrected chi connectivity index (χ2v) is 6.90. The van der Waals surface area contributed by atoms with Crippen LogP contribution in [0.3, 0.4) is 0 Å². The monoisotopic (exact) mass is 295 g/mol. The van der Waals surface area contributed by atoms with Crippen molar-refractivity contribution in [3.63, 3.8) is 0 Å². The van der Waals surface area contributed by atoms with Crippen molar-refractivity contribution in [2.75, 3.05) is 33.4 Å². The van der Waals surface area contributed by atoms with Crippen LogP contribution in [0.25, 0.3) is 0 Å². The Morgan fingerprint density at radius 3 is 2.48 bits per heavy atom. The quantitative estimate of drug-likeness (QED) is 0.804. The summed E-state index contributed by atoms with van der Waals surface area (Å²) in [5.74, 6) is 7.05. The average molecular weight is 295 g/mol. The number of methoxy groups -OCH3 is 1. The summed E-state index contributed by atoms with van der Waals surface area (Å²) in [6.07, 6.45) is 4.50. The van der Waals surface area contributed by atoms with Gasteiger partial charge < -0.3 is 9.47 Å². The van der Waals surface area contributed by atoms with Crippen LogP contribution in [-0.4, -0.2) is 55.4 Å². The second-order valence-electron chi connectivity index (χ2n) is 6.90. The molecular formula is C16H29N3O2. The molecule has 2 rings (SSSR count). The number of rotatable bonds is 3. The van der Waals surface area contributed by atoms with E-state index in [1.165, 1.54) is 0 Å². The predicted molar refractivity (Wildman–Crippen MR) is 84.3 cm³/mol. The van der Waals surface area contributed by atoms with Crippen LogP contribution in [0.2, 0.25) is 0 Å². The first kappa shape index (κ1) is 16.3. The minimum Gasteiger partial charge on any atom is -0.476 e. The number of ether oxygens (including phenoxy) is 2. The molecule has 5 nitrogen and oxygen atoms in total. The van der Waals surface area contributed by atoms with Crippen LogP contribution in [0.5, 0.6) is 0 Å². The molecule has 0 aliphatic carbocycles. The first-order valence-corrected chi connectivity index (χ1v) is 7.66. The third-order valence-corrected chi connectivity index (χ3v) is 4.18. The summed E-state index contributed by atoms with van der Waals surface area (Å²) in [6, 6.07) is 0.344. The molecule has 0 amide bonds. The highest BCUT2D eigenvalue weighted by Gasteiger charge is 2.37. The van der Waals surface area contributed by atoms with Gasteiger partial charge in [-0.1, -0.05) is 32.9 Å². The number of hydrazine groups is 1. The van der Waals surface area contributed by atoms with Gasteiger partial charge in [0, 0.05) is 25.8 Å². The maximum atomic E-state index is 6.24. The van der Waals surface area contributed by atoms with Crippen LogP contribution in [0, 0.1) is 5.41 Å². The fourth-order valence-electron chi connectivity index (χ4n) is 2.80. The highest BCUT2D eigenvalue weighted by atomic mass is 16.5. The van der Waals surface area contributed by atoms with Gasteiger partial charge in [-0.2, -0.15) is 0 Å². The van der Waals surface area contributed by atoms with Crippen molar-refractivity contribution in [1.82, 2.24) is 9.91 Å². The number of nitrogens with zero attached hydrogens (tertiary/aromatic N) is 2. The van der Waals surface area contributed by atoms with Crippen LogP contribution < -0.4 is 5.84 Å². The zero-order chi connectivity index (χ0) is 15.6. The molecule has 0 bridgehead atoms. The maximum Gasteiger partial charge on any atom is 0.207 e. The van der Waals surface area contributed by atoms with E-state index in [1.54, 1.807) is 12.1 Å². The average Bonchev–Trinajstić information content (AvgIpc) is 2.34. The SMILES string of the molecule is C/C=C\C(=C1\OCC(N2CC(OC)C2)CN1N)C(C)(C)C. The molecule has 0 radical (unpaired) electrons. The highest BCUT2D eigenvalue weighted by Crippen LogP contribution is 2.32. The third-order valence-electron chi connectivity index (χ3n) is 4.18. The lowest BCUT2D eigenvalue weighted by atomic mass is 9.86. The molecule has 0 aromatic carbocycles. The van der Waals surface area contributed by atoms with Crippen LogP contribution in [0.4, 0.5) is 0 Å². The molecule has 2 fully saturated rings. The van der Waals surface area contributed by atoms with E-state index >= 15 is 0 Å². The van der Waals surface area contributed by atoms with Gasteiger partial charge in [-0.15, -0.1) is 0 Å². The molecule has 120 valence electrons. The van der Waals surface area contributed by atoms with Gasteiger partial charge in [-0.25, -0.2) is 5.84 Å². The van der Waals surface area contributed by atoms with Crippen LogP contribution in [0.15, 0.2) is 23.6 Å². The summed E-state index contributed by atoms with van der Waals surface area (Å²) in [5.41, 5.74) is 1.15. The van der Waals surface area contributed by atoms with E-state index in [1.807, 2.05) is 13.0 Å². The van der Waals surface area contributed by atoms with Crippen molar-refractivity contribution in [2.24, 2.45) is 11.3 Å². The Bertz CT molecular complexity index is 420. The molecule has 0 saturated carbocycles. The smallest absolute Gasteiger partial charge is 0.207 e. The molecule has 2 saturated heterocycles. The zero-order valence-electron chi connectivity index (χ0n) is 13.9. The molecule has 1 atom stereocenters. The van der Waals surface area contributed by atoms with Gasteiger partial charge in [-0.3, -0.25) is 9.91 Å². The van der Waals surface area contributed by atoms with Gasteiger partial charge >= 0.3 is 0 Å². The molecule has 2 N–H and O–H groups in total. The molecular weight excluding hydrogens is 266 g/mol. The molecule has 2 heterocycles. The van der Waals surface area contributed by atoms with E-state index in [2.05, 4.69) is 31.7 Å². The standard InChI is InChI=1S/C16H29N3O2/c1-6-7-14(16(2,3)4)15-19(17)8-12(11-21-15)18-9-13(10-18)20-5/h6-7,12-13H,8-11,17H2,1-5H3/b7-6-,15-14-. The van der Waals surface area contributed by atoms with E-state index in [4.69, 9.17) is 15.3 Å². The van der Waals surface area contributed by atoms with E-state index in [-0.39, 0.29) is 5.41 Å². The number of nitrogens with two attached hydrogens (primary N) is 1. The molecule has 1 unspecified atom stereocenters. The molecule has 0 aromatic heterocycles. The maximum absolute atomic E-state index is 6.24. The summed E-state index contributed by atoms with van der Waals surface area (Å²) in [5, 5.41) is 1.76. The second kappa shape index (κ2) is 6.38. The Balaban J connectivity index is 2.06. The number of allylic oxidation sites excluding steroid dienone is 3.